The van der Waals surface area contributed by atoms with Crippen LogP contribution in [0.2, 0.25) is 0 Å². The van der Waals surface area contributed by atoms with Gasteiger partial charge in [-0.1, -0.05) is 12.1 Å². The number of hydrogen-bond acceptors (Lipinski definition) is 4. The minimum atomic E-state index is -0.266. The number of amides is 1. The summed E-state index contributed by atoms with van der Waals surface area (Å²) in [6.07, 6.45) is 1.59. The number of benzene rings is 2. The molecule has 0 unspecified atom stereocenters. The maximum Gasteiger partial charge on any atom is 0.277 e. The van der Waals surface area contributed by atoms with Gasteiger partial charge in [-0.2, -0.15) is 0 Å². The van der Waals surface area contributed by atoms with E-state index in [0.717, 1.165) is 16.5 Å². The van der Waals surface area contributed by atoms with Crippen molar-refractivity contribution in [2.75, 3.05) is 12.0 Å². The Kier molecular flexibility index (Phi) is 5.54. The van der Waals surface area contributed by atoms with Gasteiger partial charge in [-0.15, -0.1) is 0 Å². The maximum absolute atomic E-state index is 13.3. The van der Waals surface area contributed by atoms with Gasteiger partial charge in [0.2, 0.25) is 0 Å². The molecule has 1 amide bonds. The topological polar surface area (TPSA) is 75.3 Å². The first kappa shape index (κ1) is 20.3. The average molecular weight is 413 g/mol. The van der Waals surface area contributed by atoms with Crippen molar-refractivity contribution in [2.45, 2.75) is 20.4 Å². The first-order valence-corrected chi connectivity index (χ1v) is 9.96. The molecule has 6 nitrogen and oxygen atoms in total. The van der Waals surface area contributed by atoms with Crippen LogP contribution in [0.5, 0.6) is 5.75 Å². The molecule has 0 aliphatic heterocycles. The van der Waals surface area contributed by atoms with E-state index in [4.69, 9.17) is 4.74 Å². The van der Waals surface area contributed by atoms with Crippen LogP contribution in [0.15, 0.2) is 71.7 Å². The third-order valence-corrected chi connectivity index (χ3v) is 5.39. The molecule has 6 heteroatoms. The standard InChI is InChI=1S/C25H23N3O3/c1-16-7-9-20(12-17(16)2)28(25(30)22-6-4-5-11-26-22)15-19-13-18-8-10-21(31-3)14-23(18)27-24(19)29/h4-14H,15H2,1-3H3,(H,27,29). The molecule has 4 aromatic rings. The second kappa shape index (κ2) is 8.44. The van der Waals surface area contributed by atoms with Crippen LogP contribution in [0.3, 0.4) is 0 Å². The molecule has 31 heavy (non-hydrogen) atoms. The SMILES string of the molecule is COc1ccc2cc(CN(C(=O)c3ccccn3)c3ccc(C)c(C)c3)c(=O)[nH]c2c1. The zero-order valence-corrected chi connectivity index (χ0v) is 17.7. The molecule has 0 saturated carbocycles. The van der Waals surface area contributed by atoms with Crippen LogP contribution in [0.25, 0.3) is 10.9 Å². The molecule has 1 N–H and O–H groups in total. The normalized spacial score (nSPS) is 10.8. The summed E-state index contributed by atoms with van der Waals surface area (Å²) in [7, 11) is 1.58. The van der Waals surface area contributed by atoms with E-state index in [1.807, 2.05) is 50.2 Å². The predicted octanol–water partition coefficient (Wildman–Crippen LogP) is 4.40. The molecule has 0 spiro atoms. The molecule has 2 heterocycles. The number of aryl methyl sites for hydroxylation is 2. The van der Waals surface area contributed by atoms with Gasteiger partial charge in [-0.25, -0.2) is 0 Å². The van der Waals surface area contributed by atoms with Crippen molar-refractivity contribution < 1.29 is 9.53 Å². The lowest BCUT2D eigenvalue weighted by atomic mass is 10.1. The molecule has 0 aliphatic rings. The second-order valence-corrected chi connectivity index (χ2v) is 7.45. The number of hydrogen-bond donors (Lipinski definition) is 1. The molecular formula is C25H23N3O3. The maximum atomic E-state index is 13.3. The summed E-state index contributed by atoms with van der Waals surface area (Å²) >= 11 is 0. The molecule has 0 radical (unpaired) electrons. The minimum absolute atomic E-state index is 0.120. The van der Waals surface area contributed by atoms with Gasteiger partial charge in [-0.05, 0) is 72.8 Å². The fourth-order valence-electron chi connectivity index (χ4n) is 3.44. The molecule has 0 bridgehead atoms. The molecule has 2 aromatic carbocycles. The largest absolute Gasteiger partial charge is 0.497 e. The van der Waals surface area contributed by atoms with Crippen molar-refractivity contribution in [1.29, 1.82) is 0 Å². The summed E-state index contributed by atoms with van der Waals surface area (Å²) in [4.78, 5) is 34.9. The zero-order chi connectivity index (χ0) is 22.0. The quantitative estimate of drug-likeness (QED) is 0.526. The van der Waals surface area contributed by atoms with Gasteiger partial charge in [0.1, 0.15) is 11.4 Å². The smallest absolute Gasteiger partial charge is 0.277 e. The van der Waals surface area contributed by atoms with Gasteiger partial charge >= 0.3 is 0 Å². The van der Waals surface area contributed by atoms with Gasteiger partial charge in [0.25, 0.3) is 11.5 Å². The number of pyridine rings is 2. The highest BCUT2D eigenvalue weighted by molar-refractivity contribution is 6.04. The highest BCUT2D eigenvalue weighted by Crippen LogP contribution is 2.24. The number of carbonyl (C=O) groups excluding carboxylic acids is 1. The first-order valence-electron chi connectivity index (χ1n) is 9.96. The fraction of sp³-hybridized carbons (Fsp3) is 0.160. The number of aromatic nitrogens is 2. The Morgan fingerprint density at radius 1 is 1.03 bits per heavy atom. The van der Waals surface area contributed by atoms with E-state index >= 15 is 0 Å². The molecule has 2 aromatic heterocycles. The van der Waals surface area contributed by atoms with Crippen molar-refractivity contribution >= 4 is 22.5 Å². The number of nitrogens with zero attached hydrogens (tertiary/aromatic N) is 2. The van der Waals surface area contributed by atoms with Gasteiger partial charge in [-0.3, -0.25) is 14.6 Å². The van der Waals surface area contributed by atoms with Crippen LogP contribution in [0.1, 0.15) is 27.2 Å². The number of ether oxygens (including phenoxy) is 1. The van der Waals surface area contributed by atoms with Crippen LogP contribution in [-0.4, -0.2) is 23.0 Å². The lowest BCUT2D eigenvalue weighted by Crippen LogP contribution is -2.33. The van der Waals surface area contributed by atoms with Crippen LogP contribution < -0.4 is 15.2 Å². The monoisotopic (exact) mass is 413 g/mol. The average Bonchev–Trinajstić information content (AvgIpc) is 2.79. The van der Waals surface area contributed by atoms with Crippen molar-refractivity contribution in [1.82, 2.24) is 9.97 Å². The number of fused-ring (bicyclic) bond motifs is 1. The Hall–Kier alpha value is -3.93. The van der Waals surface area contributed by atoms with E-state index < -0.39 is 0 Å². The Morgan fingerprint density at radius 2 is 1.87 bits per heavy atom. The van der Waals surface area contributed by atoms with Crippen molar-refractivity contribution in [3.63, 3.8) is 0 Å². The number of anilines is 1. The number of nitrogens with one attached hydrogen (secondary N) is 1. The van der Waals surface area contributed by atoms with Crippen LogP contribution >= 0.6 is 0 Å². The summed E-state index contributed by atoms with van der Waals surface area (Å²) in [6, 6.07) is 18.3. The van der Waals surface area contributed by atoms with Gasteiger partial charge in [0.15, 0.2) is 0 Å². The summed E-state index contributed by atoms with van der Waals surface area (Å²) in [5.41, 5.74) is 4.16. The summed E-state index contributed by atoms with van der Waals surface area (Å²) in [6.45, 7) is 4.14. The third-order valence-electron chi connectivity index (χ3n) is 5.39. The number of aromatic amines is 1. The predicted molar refractivity (Wildman–Crippen MR) is 122 cm³/mol. The van der Waals surface area contributed by atoms with E-state index in [0.29, 0.717) is 28.2 Å². The van der Waals surface area contributed by atoms with Gasteiger partial charge < -0.3 is 14.6 Å². The summed E-state index contributed by atoms with van der Waals surface area (Å²) < 4.78 is 5.23. The molecule has 0 atom stereocenters. The first-order chi connectivity index (χ1) is 15.0. The number of carbonyl (C=O) groups is 1. The van der Waals surface area contributed by atoms with E-state index in [1.54, 1.807) is 42.5 Å². The minimum Gasteiger partial charge on any atom is -0.497 e. The third kappa shape index (κ3) is 4.19. The van der Waals surface area contributed by atoms with Crippen molar-refractivity contribution in [2.24, 2.45) is 0 Å². The molecule has 0 aliphatic carbocycles. The lowest BCUT2D eigenvalue weighted by molar-refractivity contribution is 0.0980. The highest BCUT2D eigenvalue weighted by atomic mass is 16.5. The summed E-state index contributed by atoms with van der Waals surface area (Å²) in [5, 5.41) is 0.862. The molecule has 156 valence electrons. The molecule has 0 fully saturated rings. The van der Waals surface area contributed by atoms with E-state index in [2.05, 4.69) is 9.97 Å². The molecular weight excluding hydrogens is 390 g/mol. The van der Waals surface area contributed by atoms with Gasteiger partial charge in [0.05, 0.1) is 19.2 Å². The van der Waals surface area contributed by atoms with Crippen LogP contribution in [0, 0.1) is 13.8 Å². The molecule has 4 rings (SSSR count). The van der Waals surface area contributed by atoms with Gasteiger partial charge in [0, 0.05) is 23.5 Å². The summed E-state index contributed by atoms with van der Waals surface area (Å²) in [5.74, 6) is 0.399. The van der Waals surface area contributed by atoms with Crippen LogP contribution in [0.4, 0.5) is 5.69 Å². The van der Waals surface area contributed by atoms with Crippen molar-refractivity contribution in [3.05, 3.63) is 99.6 Å². The number of H-pyrrole nitrogens is 1. The van der Waals surface area contributed by atoms with E-state index in [9.17, 15) is 9.59 Å². The molecule has 0 saturated heterocycles. The Labute approximate surface area is 180 Å². The fourth-order valence-corrected chi connectivity index (χ4v) is 3.44. The Balaban J connectivity index is 1.78. The lowest BCUT2D eigenvalue weighted by Gasteiger charge is -2.23. The number of methoxy groups -OCH3 is 1. The number of rotatable bonds is 5. The Morgan fingerprint density at radius 3 is 2.58 bits per heavy atom. The second-order valence-electron chi connectivity index (χ2n) is 7.45. The van der Waals surface area contributed by atoms with E-state index in [-0.39, 0.29) is 18.0 Å². The van der Waals surface area contributed by atoms with Crippen LogP contribution in [-0.2, 0) is 6.54 Å². The highest BCUT2D eigenvalue weighted by Gasteiger charge is 2.21. The zero-order valence-electron chi connectivity index (χ0n) is 17.7. The van der Waals surface area contributed by atoms with E-state index in [1.165, 1.54) is 0 Å². The van der Waals surface area contributed by atoms with Crippen molar-refractivity contribution in [3.8, 4) is 5.75 Å². The Bertz CT molecular complexity index is 1310.